The number of rotatable bonds is 2. The van der Waals surface area contributed by atoms with Crippen LogP contribution < -0.4 is 11.2 Å². The molecular formula is C14H18N4O3S. The van der Waals surface area contributed by atoms with Crippen LogP contribution in [0.5, 0.6) is 0 Å². The number of aromatic amines is 1. The maximum atomic E-state index is 12.6. The van der Waals surface area contributed by atoms with Crippen molar-refractivity contribution < 1.29 is 4.79 Å². The van der Waals surface area contributed by atoms with Crippen molar-refractivity contribution in [1.82, 2.24) is 18.8 Å². The highest BCUT2D eigenvalue weighted by molar-refractivity contribution is 7.09. The molecule has 0 aromatic carbocycles. The van der Waals surface area contributed by atoms with Gasteiger partial charge >= 0.3 is 5.69 Å². The zero-order chi connectivity index (χ0) is 15.9. The Bertz CT molecular complexity index is 827. The van der Waals surface area contributed by atoms with Gasteiger partial charge in [0.1, 0.15) is 4.88 Å². The van der Waals surface area contributed by atoms with E-state index in [1.54, 1.807) is 11.8 Å². The highest BCUT2D eigenvalue weighted by Crippen LogP contribution is 2.23. The minimum Gasteiger partial charge on any atom is -0.338 e. The summed E-state index contributed by atoms with van der Waals surface area (Å²) in [5, 5.41) is 0. The molecule has 118 valence electrons. The third kappa shape index (κ3) is 2.37. The first-order valence-electron chi connectivity index (χ1n) is 7.44. The first-order chi connectivity index (χ1) is 10.5. The number of likely N-dealkylation sites (tertiary alicyclic amines) is 1. The van der Waals surface area contributed by atoms with E-state index >= 15 is 0 Å². The molecule has 0 saturated carbocycles. The van der Waals surface area contributed by atoms with E-state index in [-0.39, 0.29) is 23.5 Å². The molecule has 0 unspecified atom stereocenters. The quantitative estimate of drug-likeness (QED) is 0.895. The molecule has 0 spiro atoms. The summed E-state index contributed by atoms with van der Waals surface area (Å²) in [5.74, 6) is 0.475. The van der Waals surface area contributed by atoms with Gasteiger partial charge in [0, 0.05) is 19.6 Å². The van der Waals surface area contributed by atoms with Crippen LogP contribution >= 0.6 is 11.5 Å². The van der Waals surface area contributed by atoms with E-state index in [1.165, 1.54) is 0 Å². The molecule has 22 heavy (non-hydrogen) atoms. The van der Waals surface area contributed by atoms with Crippen LogP contribution in [0.2, 0.25) is 0 Å². The molecule has 1 fully saturated rings. The van der Waals surface area contributed by atoms with Gasteiger partial charge in [-0.05, 0) is 37.2 Å². The molecule has 2 aromatic heterocycles. The number of hydrogen-bond donors (Lipinski definition) is 1. The number of nitrogens with one attached hydrogen (secondary N) is 1. The number of aromatic nitrogens is 3. The summed E-state index contributed by atoms with van der Waals surface area (Å²) in [4.78, 5) is 41.5. The number of fused-ring (bicyclic) bond motifs is 1. The lowest BCUT2D eigenvalue weighted by molar-refractivity contribution is 0.0703. The highest BCUT2D eigenvalue weighted by atomic mass is 32.1. The number of hydrogen-bond acceptors (Lipinski definition) is 5. The van der Waals surface area contributed by atoms with Gasteiger partial charge in [-0.15, -0.1) is 0 Å². The Labute approximate surface area is 130 Å². The SMILES string of the molecule is CCn1c(=O)[nH]c2c(C(=O)N3CCC(C)CC3)snc2c1=O. The van der Waals surface area contributed by atoms with Crippen molar-refractivity contribution in [2.45, 2.75) is 33.2 Å². The van der Waals surface area contributed by atoms with Gasteiger partial charge in [-0.1, -0.05) is 6.92 Å². The normalized spacial score (nSPS) is 16.4. The Hall–Kier alpha value is -1.96. The fraction of sp³-hybridized carbons (Fsp3) is 0.571. The molecule has 1 N–H and O–H groups in total. The molecule has 8 heteroatoms. The molecular weight excluding hydrogens is 304 g/mol. The van der Waals surface area contributed by atoms with Crippen LogP contribution in [0.15, 0.2) is 9.59 Å². The van der Waals surface area contributed by atoms with Crippen LogP contribution in [0.1, 0.15) is 36.4 Å². The maximum absolute atomic E-state index is 12.6. The smallest absolute Gasteiger partial charge is 0.328 e. The summed E-state index contributed by atoms with van der Waals surface area (Å²) in [7, 11) is 0. The van der Waals surface area contributed by atoms with Gasteiger partial charge in [-0.25, -0.2) is 4.79 Å². The van der Waals surface area contributed by atoms with Crippen LogP contribution in [-0.2, 0) is 6.54 Å². The topological polar surface area (TPSA) is 88.1 Å². The largest absolute Gasteiger partial charge is 0.338 e. The Morgan fingerprint density at radius 1 is 1.36 bits per heavy atom. The van der Waals surface area contributed by atoms with Gasteiger partial charge in [0.25, 0.3) is 11.5 Å². The van der Waals surface area contributed by atoms with E-state index in [4.69, 9.17) is 0 Å². The summed E-state index contributed by atoms with van der Waals surface area (Å²) in [6, 6.07) is 0. The van der Waals surface area contributed by atoms with E-state index in [2.05, 4.69) is 16.3 Å². The molecule has 0 radical (unpaired) electrons. The van der Waals surface area contributed by atoms with Crippen molar-refractivity contribution in [2.24, 2.45) is 5.92 Å². The van der Waals surface area contributed by atoms with Gasteiger partial charge in [-0.2, -0.15) is 4.37 Å². The van der Waals surface area contributed by atoms with Gasteiger partial charge < -0.3 is 9.88 Å². The molecule has 1 aliphatic rings. The summed E-state index contributed by atoms with van der Waals surface area (Å²) < 4.78 is 5.17. The van der Waals surface area contributed by atoms with Crippen LogP contribution in [0, 0.1) is 5.92 Å². The van der Waals surface area contributed by atoms with E-state index < -0.39 is 11.2 Å². The number of carbonyl (C=O) groups excluding carboxylic acids is 1. The number of amides is 1. The fourth-order valence-corrected chi connectivity index (χ4v) is 3.53. The Kier molecular flexibility index (Phi) is 3.86. The molecule has 7 nitrogen and oxygen atoms in total. The zero-order valence-electron chi connectivity index (χ0n) is 12.6. The summed E-state index contributed by atoms with van der Waals surface area (Å²) >= 11 is 0.983. The maximum Gasteiger partial charge on any atom is 0.328 e. The van der Waals surface area contributed by atoms with Crippen molar-refractivity contribution in [1.29, 1.82) is 0 Å². The number of piperidine rings is 1. The first kappa shape index (κ1) is 15.0. The van der Waals surface area contributed by atoms with Crippen LogP contribution in [0.4, 0.5) is 0 Å². The van der Waals surface area contributed by atoms with E-state index in [0.29, 0.717) is 23.9 Å². The minimum atomic E-state index is -0.499. The van der Waals surface area contributed by atoms with Gasteiger partial charge in [0.2, 0.25) is 0 Å². The van der Waals surface area contributed by atoms with E-state index in [9.17, 15) is 14.4 Å². The van der Waals surface area contributed by atoms with Gasteiger partial charge in [0.05, 0.1) is 5.52 Å². The Morgan fingerprint density at radius 2 is 2.05 bits per heavy atom. The minimum absolute atomic E-state index is 0.149. The van der Waals surface area contributed by atoms with Gasteiger partial charge in [0.15, 0.2) is 5.52 Å². The predicted octanol–water partition coefficient (Wildman–Crippen LogP) is 1.04. The molecule has 0 bridgehead atoms. The second-order valence-electron chi connectivity index (χ2n) is 5.69. The van der Waals surface area contributed by atoms with Crippen LogP contribution in [-0.4, -0.2) is 37.8 Å². The Morgan fingerprint density at radius 3 is 2.68 bits per heavy atom. The number of H-pyrrole nitrogens is 1. The Balaban J connectivity index is 2.04. The summed E-state index contributed by atoms with van der Waals surface area (Å²) in [6.07, 6.45) is 1.95. The second-order valence-corrected chi connectivity index (χ2v) is 6.46. The lowest BCUT2D eigenvalue weighted by atomic mass is 9.99. The second kappa shape index (κ2) is 5.68. The van der Waals surface area contributed by atoms with Crippen molar-refractivity contribution in [2.75, 3.05) is 13.1 Å². The van der Waals surface area contributed by atoms with Crippen LogP contribution in [0.25, 0.3) is 11.0 Å². The van der Waals surface area contributed by atoms with Crippen molar-refractivity contribution in [3.63, 3.8) is 0 Å². The average molecular weight is 322 g/mol. The molecule has 0 atom stereocenters. The van der Waals surface area contributed by atoms with Crippen LogP contribution in [0.3, 0.4) is 0 Å². The molecule has 1 aliphatic heterocycles. The number of nitrogens with zero attached hydrogens (tertiary/aromatic N) is 3. The van der Waals surface area contributed by atoms with E-state index in [1.807, 2.05) is 0 Å². The average Bonchev–Trinajstić information content (AvgIpc) is 2.91. The van der Waals surface area contributed by atoms with Gasteiger partial charge in [-0.3, -0.25) is 14.2 Å². The van der Waals surface area contributed by atoms with Crippen molar-refractivity contribution >= 4 is 28.5 Å². The summed E-state index contributed by atoms with van der Waals surface area (Å²) in [5.41, 5.74) is -0.501. The first-order valence-corrected chi connectivity index (χ1v) is 8.22. The van der Waals surface area contributed by atoms with Crippen molar-refractivity contribution in [3.05, 3.63) is 25.7 Å². The third-order valence-electron chi connectivity index (χ3n) is 4.20. The van der Waals surface area contributed by atoms with Crippen molar-refractivity contribution in [3.8, 4) is 0 Å². The molecule has 1 amide bonds. The lowest BCUT2D eigenvalue weighted by Crippen LogP contribution is -2.38. The number of carbonyl (C=O) groups is 1. The lowest BCUT2D eigenvalue weighted by Gasteiger charge is -2.29. The highest BCUT2D eigenvalue weighted by Gasteiger charge is 2.26. The van der Waals surface area contributed by atoms with E-state index in [0.717, 1.165) is 28.9 Å². The molecule has 2 aromatic rings. The monoisotopic (exact) mass is 322 g/mol. The fourth-order valence-electron chi connectivity index (χ4n) is 2.74. The third-order valence-corrected chi connectivity index (χ3v) is 5.03. The molecule has 3 heterocycles. The molecule has 3 rings (SSSR count). The predicted molar refractivity (Wildman–Crippen MR) is 84.5 cm³/mol. The summed E-state index contributed by atoms with van der Waals surface area (Å²) in [6.45, 7) is 5.57. The molecule has 1 saturated heterocycles. The molecule has 0 aliphatic carbocycles. The standard InChI is InChI=1S/C14H18N4O3S/c1-3-18-12(19)10-9(15-14(18)21)11(22-16-10)13(20)17-6-4-8(2)5-7-17/h8H,3-7H2,1-2H3,(H,15,21). The zero-order valence-corrected chi connectivity index (χ0v) is 13.4.